The van der Waals surface area contributed by atoms with Crippen LogP contribution in [0, 0.1) is 0 Å². The number of benzene rings is 1. The number of aromatic nitrogens is 1. The number of aryl methyl sites for hydroxylation is 1. The van der Waals surface area contributed by atoms with Crippen molar-refractivity contribution in [1.29, 1.82) is 0 Å². The molecule has 4 rings (SSSR count). The number of aromatic carboxylic acids is 1. The number of anilines is 1. The molecule has 2 aromatic rings. The van der Waals surface area contributed by atoms with Gasteiger partial charge in [-0.25, -0.2) is 4.79 Å². The molecule has 0 saturated carbocycles. The Hall–Kier alpha value is -2.10. The number of nitrogens with zero attached hydrogens (tertiary/aromatic N) is 2. The lowest BCUT2D eigenvalue weighted by Crippen LogP contribution is -2.40. The number of hydrogen-bond donors (Lipinski definition) is 1. The van der Waals surface area contributed by atoms with E-state index in [4.69, 9.17) is 4.98 Å². The molecule has 1 fully saturated rings. The molecule has 0 spiro atoms. The van der Waals surface area contributed by atoms with Crippen molar-refractivity contribution in [3.63, 3.8) is 0 Å². The molecule has 4 heteroatoms. The van der Waals surface area contributed by atoms with E-state index >= 15 is 0 Å². The first-order valence-electron chi connectivity index (χ1n) is 9.14. The standard InChI is InChI=1S/C20H24N2O2/c1-2-14-6-3-4-11-22(14)19-15-7-5-8-17(15)21-18-10-9-13(20(23)24)12-16(18)19/h9-10,12,14H,2-8,11H2,1H3,(H,23,24)/t14-/m1/s1. The fourth-order valence-electron chi connectivity index (χ4n) is 4.42. The van der Waals surface area contributed by atoms with Crippen LogP contribution in [0.4, 0.5) is 5.69 Å². The molecular weight excluding hydrogens is 300 g/mol. The molecule has 24 heavy (non-hydrogen) atoms. The van der Waals surface area contributed by atoms with Gasteiger partial charge in [-0.15, -0.1) is 0 Å². The minimum Gasteiger partial charge on any atom is -0.478 e. The Balaban J connectivity index is 1.96. The second kappa shape index (κ2) is 6.08. The molecule has 1 aromatic carbocycles. The highest BCUT2D eigenvalue weighted by Gasteiger charge is 2.28. The van der Waals surface area contributed by atoms with E-state index in [9.17, 15) is 9.90 Å². The maximum Gasteiger partial charge on any atom is 0.335 e. The van der Waals surface area contributed by atoms with Crippen molar-refractivity contribution < 1.29 is 9.90 Å². The Labute approximate surface area is 142 Å². The van der Waals surface area contributed by atoms with Gasteiger partial charge < -0.3 is 10.0 Å². The van der Waals surface area contributed by atoms with Gasteiger partial charge in [-0.3, -0.25) is 4.98 Å². The van der Waals surface area contributed by atoms with Gasteiger partial charge >= 0.3 is 5.97 Å². The molecule has 126 valence electrons. The number of piperidine rings is 1. The monoisotopic (exact) mass is 324 g/mol. The third-order valence-electron chi connectivity index (χ3n) is 5.61. The molecule has 0 radical (unpaired) electrons. The highest BCUT2D eigenvalue weighted by molar-refractivity contribution is 6.00. The molecule has 1 aromatic heterocycles. The molecule has 1 N–H and O–H groups in total. The van der Waals surface area contributed by atoms with Crippen molar-refractivity contribution in [2.45, 2.75) is 57.9 Å². The molecule has 1 aliphatic heterocycles. The van der Waals surface area contributed by atoms with Crippen LogP contribution in [0.25, 0.3) is 10.9 Å². The highest BCUT2D eigenvalue weighted by Crippen LogP contribution is 2.40. The van der Waals surface area contributed by atoms with Gasteiger partial charge in [0.2, 0.25) is 0 Å². The van der Waals surface area contributed by atoms with Crippen LogP contribution in [0.3, 0.4) is 0 Å². The van der Waals surface area contributed by atoms with Crippen molar-refractivity contribution in [2.75, 3.05) is 11.4 Å². The van der Waals surface area contributed by atoms with Crippen LogP contribution < -0.4 is 4.90 Å². The van der Waals surface area contributed by atoms with Gasteiger partial charge in [0.05, 0.1) is 16.8 Å². The van der Waals surface area contributed by atoms with Crippen molar-refractivity contribution in [2.24, 2.45) is 0 Å². The van der Waals surface area contributed by atoms with E-state index < -0.39 is 5.97 Å². The van der Waals surface area contributed by atoms with Gasteiger partial charge in [0, 0.05) is 23.7 Å². The second-order valence-electron chi connectivity index (χ2n) is 7.03. The number of carboxylic acid groups (broad SMARTS) is 1. The lowest BCUT2D eigenvalue weighted by molar-refractivity contribution is 0.0697. The summed E-state index contributed by atoms with van der Waals surface area (Å²) in [5, 5.41) is 10.4. The van der Waals surface area contributed by atoms with E-state index in [-0.39, 0.29) is 0 Å². The van der Waals surface area contributed by atoms with E-state index in [0.29, 0.717) is 11.6 Å². The van der Waals surface area contributed by atoms with Crippen LogP contribution in [-0.4, -0.2) is 28.6 Å². The van der Waals surface area contributed by atoms with E-state index in [1.54, 1.807) is 6.07 Å². The Morgan fingerprint density at radius 2 is 2.17 bits per heavy atom. The summed E-state index contributed by atoms with van der Waals surface area (Å²) in [6, 6.07) is 5.95. The molecule has 2 heterocycles. The highest BCUT2D eigenvalue weighted by atomic mass is 16.4. The molecule has 2 aliphatic rings. The van der Waals surface area contributed by atoms with Crippen LogP contribution in [0.5, 0.6) is 0 Å². The summed E-state index contributed by atoms with van der Waals surface area (Å²) in [7, 11) is 0. The maximum atomic E-state index is 11.5. The molecular formula is C20H24N2O2. The third kappa shape index (κ3) is 2.45. The first-order valence-corrected chi connectivity index (χ1v) is 9.14. The number of carbonyl (C=O) groups is 1. The Bertz CT molecular complexity index is 800. The average molecular weight is 324 g/mol. The Kier molecular flexibility index (Phi) is 3.91. The summed E-state index contributed by atoms with van der Waals surface area (Å²) >= 11 is 0. The van der Waals surface area contributed by atoms with E-state index in [2.05, 4.69) is 11.8 Å². The second-order valence-corrected chi connectivity index (χ2v) is 7.03. The minimum atomic E-state index is -0.867. The predicted octanol–water partition coefficient (Wildman–Crippen LogP) is 4.19. The average Bonchev–Trinajstić information content (AvgIpc) is 3.07. The van der Waals surface area contributed by atoms with Gasteiger partial charge in [0.1, 0.15) is 0 Å². The van der Waals surface area contributed by atoms with Crippen LogP contribution in [-0.2, 0) is 12.8 Å². The topological polar surface area (TPSA) is 53.4 Å². The number of fused-ring (bicyclic) bond motifs is 2. The molecule has 1 aliphatic carbocycles. The number of carboxylic acids is 1. The molecule has 1 saturated heterocycles. The van der Waals surface area contributed by atoms with E-state index in [0.717, 1.165) is 43.1 Å². The molecule has 1 atom stereocenters. The summed E-state index contributed by atoms with van der Waals surface area (Å²) in [5.74, 6) is -0.867. The fourth-order valence-corrected chi connectivity index (χ4v) is 4.42. The minimum absolute atomic E-state index is 0.355. The van der Waals surface area contributed by atoms with Crippen LogP contribution in [0.2, 0.25) is 0 Å². The van der Waals surface area contributed by atoms with Gasteiger partial charge in [-0.2, -0.15) is 0 Å². The Morgan fingerprint density at radius 3 is 2.96 bits per heavy atom. The van der Waals surface area contributed by atoms with Crippen LogP contribution >= 0.6 is 0 Å². The smallest absolute Gasteiger partial charge is 0.335 e. The lowest BCUT2D eigenvalue weighted by Gasteiger charge is -2.39. The van der Waals surface area contributed by atoms with Crippen molar-refractivity contribution in [3.05, 3.63) is 35.0 Å². The lowest BCUT2D eigenvalue weighted by atomic mass is 9.95. The quantitative estimate of drug-likeness (QED) is 0.920. The van der Waals surface area contributed by atoms with Gasteiger partial charge in [0.15, 0.2) is 0 Å². The summed E-state index contributed by atoms with van der Waals surface area (Å²) in [4.78, 5) is 18.9. The van der Waals surface area contributed by atoms with Crippen molar-refractivity contribution >= 4 is 22.6 Å². The maximum absolute atomic E-state index is 11.5. The number of rotatable bonds is 3. The zero-order valence-corrected chi connectivity index (χ0v) is 14.2. The normalized spacial score (nSPS) is 20.4. The zero-order chi connectivity index (χ0) is 16.7. The largest absolute Gasteiger partial charge is 0.478 e. The molecule has 0 amide bonds. The summed E-state index contributed by atoms with van der Waals surface area (Å²) < 4.78 is 0. The zero-order valence-electron chi connectivity index (χ0n) is 14.2. The van der Waals surface area contributed by atoms with Crippen LogP contribution in [0.1, 0.15) is 60.6 Å². The SMILES string of the molecule is CC[C@@H]1CCCCN1c1c2c(nc3ccc(C(=O)O)cc13)CCC2. The Morgan fingerprint density at radius 1 is 1.29 bits per heavy atom. The number of hydrogen-bond acceptors (Lipinski definition) is 3. The van der Waals surface area contributed by atoms with Crippen molar-refractivity contribution in [1.82, 2.24) is 4.98 Å². The van der Waals surface area contributed by atoms with E-state index in [1.165, 1.54) is 36.2 Å². The van der Waals surface area contributed by atoms with Gasteiger partial charge in [0.25, 0.3) is 0 Å². The third-order valence-corrected chi connectivity index (χ3v) is 5.61. The molecule has 4 nitrogen and oxygen atoms in total. The number of pyridine rings is 1. The molecule has 0 unspecified atom stereocenters. The summed E-state index contributed by atoms with van der Waals surface area (Å²) in [6.45, 7) is 3.33. The first kappa shape index (κ1) is 15.4. The van der Waals surface area contributed by atoms with E-state index in [1.807, 2.05) is 12.1 Å². The fraction of sp³-hybridized carbons (Fsp3) is 0.500. The summed E-state index contributed by atoms with van der Waals surface area (Å²) in [5.41, 5.74) is 5.16. The van der Waals surface area contributed by atoms with Crippen molar-refractivity contribution in [3.8, 4) is 0 Å². The molecule has 0 bridgehead atoms. The van der Waals surface area contributed by atoms with Crippen LogP contribution in [0.15, 0.2) is 18.2 Å². The predicted molar refractivity (Wildman–Crippen MR) is 96.0 cm³/mol. The first-order chi connectivity index (χ1) is 11.7. The van der Waals surface area contributed by atoms with Gasteiger partial charge in [-0.05, 0) is 68.7 Å². The summed E-state index contributed by atoms with van der Waals surface area (Å²) in [6.07, 6.45) is 8.14. The van der Waals surface area contributed by atoms with Gasteiger partial charge in [-0.1, -0.05) is 6.92 Å².